The van der Waals surface area contributed by atoms with Crippen molar-refractivity contribution in [3.05, 3.63) is 45.9 Å². The summed E-state index contributed by atoms with van der Waals surface area (Å²) in [7, 11) is 0. The van der Waals surface area contributed by atoms with E-state index in [0.717, 1.165) is 35.8 Å². The Kier molecular flexibility index (Phi) is 6.21. The van der Waals surface area contributed by atoms with E-state index >= 15 is 0 Å². The number of hydrogen-bond donors (Lipinski definition) is 1. The van der Waals surface area contributed by atoms with Crippen molar-refractivity contribution in [2.45, 2.75) is 46.3 Å². The fraction of sp³-hybridized carbons (Fsp3) is 0.471. The van der Waals surface area contributed by atoms with Gasteiger partial charge in [-0.2, -0.15) is 0 Å². The Morgan fingerprint density at radius 2 is 2.05 bits per heavy atom. The van der Waals surface area contributed by atoms with Gasteiger partial charge in [0.05, 0.1) is 0 Å². The molecule has 4 heteroatoms. The quantitative estimate of drug-likeness (QED) is 0.801. The number of aryl methyl sites for hydroxylation is 2. The van der Waals surface area contributed by atoms with Gasteiger partial charge in [-0.1, -0.05) is 19.1 Å². The number of rotatable bonds is 8. The first-order chi connectivity index (χ1) is 10.2. The first-order valence-corrected chi connectivity index (χ1v) is 8.41. The van der Waals surface area contributed by atoms with E-state index in [1.54, 1.807) is 11.3 Å². The van der Waals surface area contributed by atoms with Crippen LogP contribution in [0.5, 0.6) is 5.75 Å². The molecule has 0 radical (unpaired) electrons. The first-order valence-electron chi connectivity index (χ1n) is 7.53. The lowest BCUT2D eigenvalue weighted by Crippen LogP contribution is -2.25. The van der Waals surface area contributed by atoms with Gasteiger partial charge in [-0.25, -0.2) is 4.98 Å². The first kappa shape index (κ1) is 16.0. The van der Waals surface area contributed by atoms with Crippen molar-refractivity contribution >= 4 is 11.3 Å². The predicted molar refractivity (Wildman–Crippen MR) is 89.1 cm³/mol. The second-order valence-corrected chi connectivity index (χ2v) is 6.26. The number of thiazole rings is 1. The molecule has 0 fully saturated rings. The molecule has 0 amide bonds. The van der Waals surface area contributed by atoms with Crippen molar-refractivity contribution < 1.29 is 4.74 Å². The van der Waals surface area contributed by atoms with Crippen LogP contribution in [0.3, 0.4) is 0 Å². The number of aromatic nitrogens is 1. The van der Waals surface area contributed by atoms with Crippen LogP contribution in [0.4, 0.5) is 0 Å². The monoisotopic (exact) mass is 304 g/mol. The van der Waals surface area contributed by atoms with Gasteiger partial charge in [0.15, 0.2) is 0 Å². The van der Waals surface area contributed by atoms with Crippen LogP contribution in [0.2, 0.25) is 0 Å². The molecular formula is C17H24N2OS. The van der Waals surface area contributed by atoms with E-state index in [0.29, 0.717) is 12.6 Å². The Bertz CT molecular complexity index is 536. The van der Waals surface area contributed by atoms with Crippen LogP contribution in [0.1, 0.15) is 36.5 Å². The Balaban J connectivity index is 1.78. The normalized spacial score (nSPS) is 12.3. The average molecular weight is 304 g/mol. The van der Waals surface area contributed by atoms with Crippen LogP contribution >= 0.6 is 11.3 Å². The SMILES string of the molecule is CCNC(C)CCc1ccc(OCc2nc(C)cs2)cc1. The zero-order valence-corrected chi connectivity index (χ0v) is 13.9. The molecule has 0 aliphatic heterocycles. The predicted octanol–water partition coefficient (Wildman–Crippen LogP) is 3.96. The maximum absolute atomic E-state index is 5.76. The van der Waals surface area contributed by atoms with E-state index in [4.69, 9.17) is 4.74 Å². The van der Waals surface area contributed by atoms with E-state index in [-0.39, 0.29) is 0 Å². The molecule has 1 N–H and O–H groups in total. The van der Waals surface area contributed by atoms with Crippen LogP contribution in [0.15, 0.2) is 29.6 Å². The van der Waals surface area contributed by atoms with Crippen LogP contribution in [0.25, 0.3) is 0 Å². The van der Waals surface area contributed by atoms with Crippen molar-refractivity contribution in [3.63, 3.8) is 0 Å². The number of ether oxygens (including phenoxy) is 1. The number of nitrogens with one attached hydrogen (secondary N) is 1. The molecule has 21 heavy (non-hydrogen) atoms. The van der Waals surface area contributed by atoms with E-state index < -0.39 is 0 Å². The van der Waals surface area contributed by atoms with Gasteiger partial charge in [0, 0.05) is 17.1 Å². The van der Waals surface area contributed by atoms with Crippen LogP contribution in [-0.2, 0) is 13.0 Å². The highest BCUT2D eigenvalue weighted by Gasteiger charge is 2.03. The number of hydrogen-bond acceptors (Lipinski definition) is 4. The van der Waals surface area contributed by atoms with Crippen LogP contribution in [0, 0.1) is 6.92 Å². The zero-order valence-electron chi connectivity index (χ0n) is 13.1. The maximum atomic E-state index is 5.76. The minimum absolute atomic E-state index is 0.551. The number of nitrogens with zero attached hydrogens (tertiary/aromatic N) is 1. The summed E-state index contributed by atoms with van der Waals surface area (Å²) in [5, 5.41) is 6.51. The Hall–Kier alpha value is -1.39. The lowest BCUT2D eigenvalue weighted by molar-refractivity contribution is 0.305. The lowest BCUT2D eigenvalue weighted by atomic mass is 10.1. The highest BCUT2D eigenvalue weighted by Crippen LogP contribution is 2.17. The Labute approximate surface area is 131 Å². The molecular weight excluding hydrogens is 280 g/mol. The Morgan fingerprint density at radius 3 is 2.67 bits per heavy atom. The third-order valence-electron chi connectivity index (χ3n) is 3.37. The largest absolute Gasteiger partial charge is 0.486 e. The molecule has 0 saturated carbocycles. The summed E-state index contributed by atoms with van der Waals surface area (Å²) in [6, 6.07) is 8.97. The molecule has 114 valence electrons. The standard InChI is InChI=1S/C17H24N2OS/c1-4-18-13(2)5-6-15-7-9-16(10-8-15)20-11-17-19-14(3)12-21-17/h7-10,12-13,18H,4-6,11H2,1-3H3. The molecule has 1 atom stereocenters. The highest BCUT2D eigenvalue weighted by atomic mass is 32.1. The third-order valence-corrected chi connectivity index (χ3v) is 4.31. The lowest BCUT2D eigenvalue weighted by Gasteiger charge is -2.12. The summed E-state index contributed by atoms with van der Waals surface area (Å²) >= 11 is 1.64. The van der Waals surface area contributed by atoms with Crippen LogP contribution < -0.4 is 10.1 Å². The summed E-state index contributed by atoms with van der Waals surface area (Å²) in [6.07, 6.45) is 2.26. The minimum atomic E-state index is 0.551. The molecule has 0 aliphatic carbocycles. The molecule has 0 saturated heterocycles. The molecule has 2 aromatic rings. The second-order valence-electron chi connectivity index (χ2n) is 5.31. The summed E-state index contributed by atoms with van der Waals surface area (Å²) in [5.41, 5.74) is 2.42. The second kappa shape index (κ2) is 8.15. The molecule has 0 spiro atoms. The molecule has 1 heterocycles. The van der Waals surface area contributed by atoms with Crippen molar-refractivity contribution in [1.82, 2.24) is 10.3 Å². The maximum Gasteiger partial charge on any atom is 0.140 e. The summed E-state index contributed by atoms with van der Waals surface area (Å²) in [5.74, 6) is 0.909. The van der Waals surface area contributed by atoms with E-state index in [2.05, 4.69) is 36.3 Å². The molecule has 1 unspecified atom stereocenters. The van der Waals surface area contributed by atoms with Crippen molar-refractivity contribution in [1.29, 1.82) is 0 Å². The van der Waals surface area contributed by atoms with Gasteiger partial charge in [-0.3, -0.25) is 0 Å². The van der Waals surface area contributed by atoms with Gasteiger partial charge in [0.25, 0.3) is 0 Å². The fourth-order valence-corrected chi connectivity index (χ4v) is 2.88. The third kappa shape index (κ3) is 5.48. The summed E-state index contributed by atoms with van der Waals surface area (Å²) in [4.78, 5) is 4.40. The van der Waals surface area contributed by atoms with Crippen molar-refractivity contribution in [2.75, 3.05) is 6.54 Å². The summed E-state index contributed by atoms with van der Waals surface area (Å²) < 4.78 is 5.76. The van der Waals surface area contributed by atoms with Crippen LogP contribution in [-0.4, -0.2) is 17.6 Å². The van der Waals surface area contributed by atoms with E-state index in [9.17, 15) is 0 Å². The highest BCUT2D eigenvalue weighted by molar-refractivity contribution is 7.09. The van der Waals surface area contributed by atoms with Gasteiger partial charge in [0.2, 0.25) is 0 Å². The van der Waals surface area contributed by atoms with Crippen molar-refractivity contribution in [2.24, 2.45) is 0 Å². The molecule has 1 aromatic carbocycles. The van der Waals surface area contributed by atoms with Gasteiger partial charge in [-0.15, -0.1) is 11.3 Å². The van der Waals surface area contributed by atoms with Gasteiger partial charge in [-0.05, 0) is 50.9 Å². The molecule has 0 bridgehead atoms. The van der Waals surface area contributed by atoms with E-state index in [1.165, 1.54) is 5.56 Å². The molecule has 3 nitrogen and oxygen atoms in total. The topological polar surface area (TPSA) is 34.1 Å². The molecule has 1 aromatic heterocycles. The minimum Gasteiger partial charge on any atom is -0.486 e. The zero-order chi connectivity index (χ0) is 15.1. The van der Waals surface area contributed by atoms with Gasteiger partial charge >= 0.3 is 0 Å². The van der Waals surface area contributed by atoms with Gasteiger partial charge in [0.1, 0.15) is 17.4 Å². The van der Waals surface area contributed by atoms with Crippen molar-refractivity contribution in [3.8, 4) is 5.75 Å². The van der Waals surface area contributed by atoms with E-state index in [1.807, 2.05) is 24.4 Å². The number of benzene rings is 1. The Morgan fingerprint density at radius 1 is 1.29 bits per heavy atom. The molecule has 2 rings (SSSR count). The summed E-state index contributed by atoms with van der Waals surface area (Å²) in [6.45, 7) is 7.96. The fourth-order valence-electron chi connectivity index (χ4n) is 2.20. The smallest absolute Gasteiger partial charge is 0.140 e. The average Bonchev–Trinajstić information content (AvgIpc) is 2.90. The molecule has 0 aliphatic rings. The van der Waals surface area contributed by atoms with Gasteiger partial charge < -0.3 is 10.1 Å².